The number of methoxy groups -OCH3 is 2. The molecule has 2 N–H and O–H groups in total. The second-order valence-corrected chi connectivity index (χ2v) is 5.80. The Balaban J connectivity index is 2.34. The standard InChI is InChI=1S/C15H19NO5/c1-15(2)7-9(15)13(17)16-10-5-8(14(18)19)6-11(20-3)12(10)21-4/h5-6,9H,7H2,1-4H3,(H,16,17)(H,18,19)/t9-/m1/s1. The van der Waals surface area contributed by atoms with Gasteiger partial charge in [0.25, 0.3) is 0 Å². The van der Waals surface area contributed by atoms with E-state index in [0.717, 1.165) is 6.42 Å². The number of carbonyl (C=O) groups is 2. The second-order valence-electron chi connectivity index (χ2n) is 5.80. The van der Waals surface area contributed by atoms with E-state index >= 15 is 0 Å². The van der Waals surface area contributed by atoms with Gasteiger partial charge in [-0.15, -0.1) is 0 Å². The molecule has 0 saturated heterocycles. The highest BCUT2D eigenvalue weighted by Gasteiger charge is 2.50. The quantitative estimate of drug-likeness (QED) is 0.870. The van der Waals surface area contributed by atoms with E-state index in [4.69, 9.17) is 14.6 Å². The molecule has 6 heteroatoms. The molecule has 2 rings (SSSR count). The molecule has 0 radical (unpaired) electrons. The van der Waals surface area contributed by atoms with Gasteiger partial charge in [-0.05, 0) is 24.0 Å². The molecule has 1 aromatic rings. The maximum atomic E-state index is 12.2. The first-order chi connectivity index (χ1) is 9.80. The summed E-state index contributed by atoms with van der Waals surface area (Å²) < 4.78 is 10.3. The number of carboxylic acids is 1. The lowest BCUT2D eigenvalue weighted by Gasteiger charge is -2.15. The molecular weight excluding hydrogens is 274 g/mol. The summed E-state index contributed by atoms with van der Waals surface area (Å²) in [6, 6.07) is 2.73. The second kappa shape index (κ2) is 5.27. The lowest BCUT2D eigenvalue weighted by Crippen LogP contribution is -2.17. The molecule has 0 spiro atoms. The summed E-state index contributed by atoms with van der Waals surface area (Å²) in [5, 5.41) is 11.9. The van der Waals surface area contributed by atoms with Crippen LogP contribution in [-0.4, -0.2) is 31.2 Å². The number of carboxylic acid groups (broad SMARTS) is 1. The molecule has 0 unspecified atom stereocenters. The molecule has 114 valence electrons. The van der Waals surface area contributed by atoms with Gasteiger partial charge >= 0.3 is 5.97 Å². The number of benzene rings is 1. The summed E-state index contributed by atoms with van der Waals surface area (Å²) in [7, 11) is 2.86. The van der Waals surface area contributed by atoms with Crippen molar-refractivity contribution >= 4 is 17.6 Å². The van der Waals surface area contributed by atoms with Crippen LogP contribution in [0.25, 0.3) is 0 Å². The Morgan fingerprint density at radius 1 is 1.29 bits per heavy atom. The van der Waals surface area contributed by atoms with E-state index in [0.29, 0.717) is 11.4 Å². The van der Waals surface area contributed by atoms with Gasteiger partial charge in [0, 0.05) is 5.92 Å². The zero-order valence-corrected chi connectivity index (χ0v) is 12.5. The number of amides is 1. The average molecular weight is 293 g/mol. The molecule has 6 nitrogen and oxygen atoms in total. The number of aromatic carboxylic acids is 1. The molecule has 0 aliphatic heterocycles. The van der Waals surface area contributed by atoms with Crippen LogP contribution >= 0.6 is 0 Å². The Morgan fingerprint density at radius 3 is 2.33 bits per heavy atom. The third-order valence-corrected chi connectivity index (χ3v) is 3.81. The van der Waals surface area contributed by atoms with Gasteiger partial charge in [-0.3, -0.25) is 4.79 Å². The van der Waals surface area contributed by atoms with Gasteiger partial charge in [0.1, 0.15) is 0 Å². The lowest BCUT2D eigenvalue weighted by atomic mass is 10.1. The molecular formula is C15H19NO5. The minimum Gasteiger partial charge on any atom is -0.493 e. The van der Waals surface area contributed by atoms with Crippen LogP contribution < -0.4 is 14.8 Å². The first-order valence-corrected chi connectivity index (χ1v) is 6.60. The highest BCUT2D eigenvalue weighted by molar-refractivity contribution is 5.99. The zero-order valence-electron chi connectivity index (χ0n) is 12.5. The maximum absolute atomic E-state index is 12.2. The van der Waals surface area contributed by atoms with Crippen molar-refractivity contribution in [1.82, 2.24) is 0 Å². The van der Waals surface area contributed by atoms with Crippen molar-refractivity contribution < 1.29 is 24.2 Å². The molecule has 1 fully saturated rings. The smallest absolute Gasteiger partial charge is 0.335 e. The van der Waals surface area contributed by atoms with Gasteiger partial charge in [0.05, 0.1) is 25.5 Å². The molecule has 1 aliphatic rings. The SMILES string of the molecule is COc1cc(C(=O)O)cc(NC(=O)[C@H]2CC2(C)C)c1OC. The Hall–Kier alpha value is -2.24. The van der Waals surface area contributed by atoms with E-state index in [1.165, 1.54) is 26.4 Å². The average Bonchev–Trinajstić information content (AvgIpc) is 3.06. The van der Waals surface area contributed by atoms with Crippen LogP contribution in [0.2, 0.25) is 0 Å². The van der Waals surface area contributed by atoms with Gasteiger partial charge in [-0.2, -0.15) is 0 Å². The molecule has 1 amide bonds. The third-order valence-electron chi connectivity index (χ3n) is 3.81. The van der Waals surface area contributed by atoms with E-state index in [1.807, 2.05) is 13.8 Å². The Labute approximate surface area is 123 Å². The van der Waals surface area contributed by atoms with E-state index in [1.54, 1.807) is 0 Å². The molecule has 21 heavy (non-hydrogen) atoms. The van der Waals surface area contributed by atoms with Crippen LogP contribution in [0.3, 0.4) is 0 Å². The number of hydrogen-bond acceptors (Lipinski definition) is 4. The van der Waals surface area contributed by atoms with E-state index < -0.39 is 5.97 Å². The number of anilines is 1. The van der Waals surface area contributed by atoms with Crippen molar-refractivity contribution in [3.8, 4) is 11.5 Å². The van der Waals surface area contributed by atoms with Gasteiger partial charge < -0.3 is 19.9 Å². The minimum absolute atomic E-state index is 0.00812. The molecule has 1 atom stereocenters. The largest absolute Gasteiger partial charge is 0.493 e. The summed E-state index contributed by atoms with van der Waals surface area (Å²) in [5.41, 5.74) is 0.325. The molecule has 1 aromatic carbocycles. The van der Waals surface area contributed by atoms with Crippen LogP contribution in [0, 0.1) is 11.3 Å². The predicted octanol–water partition coefficient (Wildman–Crippen LogP) is 2.39. The fourth-order valence-electron chi connectivity index (χ4n) is 2.32. The molecule has 0 aromatic heterocycles. The van der Waals surface area contributed by atoms with E-state index in [2.05, 4.69) is 5.32 Å². The normalized spacial score (nSPS) is 18.8. The summed E-state index contributed by atoms with van der Waals surface area (Å²) in [6.07, 6.45) is 0.816. The van der Waals surface area contributed by atoms with Crippen molar-refractivity contribution in [2.75, 3.05) is 19.5 Å². The number of rotatable bonds is 5. The van der Waals surface area contributed by atoms with Crippen LogP contribution in [-0.2, 0) is 4.79 Å². The summed E-state index contributed by atoms with van der Waals surface area (Å²) in [5.74, 6) is -0.722. The van der Waals surface area contributed by atoms with Crippen molar-refractivity contribution in [2.45, 2.75) is 20.3 Å². The fourth-order valence-corrected chi connectivity index (χ4v) is 2.32. The first kappa shape index (κ1) is 15.2. The van der Waals surface area contributed by atoms with Crippen molar-refractivity contribution in [3.05, 3.63) is 17.7 Å². The Kier molecular flexibility index (Phi) is 3.80. The summed E-state index contributed by atoms with van der Waals surface area (Å²) in [6.45, 7) is 4.03. The maximum Gasteiger partial charge on any atom is 0.335 e. The number of hydrogen-bond donors (Lipinski definition) is 2. The summed E-state index contributed by atoms with van der Waals surface area (Å²) >= 11 is 0. The number of carbonyl (C=O) groups excluding carboxylic acids is 1. The molecule has 0 bridgehead atoms. The number of ether oxygens (including phenoxy) is 2. The molecule has 0 heterocycles. The molecule has 1 aliphatic carbocycles. The first-order valence-electron chi connectivity index (χ1n) is 6.60. The Morgan fingerprint density at radius 2 is 1.90 bits per heavy atom. The van der Waals surface area contributed by atoms with Gasteiger partial charge in [-0.1, -0.05) is 13.8 Å². The zero-order chi connectivity index (χ0) is 15.8. The summed E-state index contributed by atoms with van der Waals surface area (Å²) in [4.78, 5) is 23.3. The van der Waals surface area contributed by atoms with Crippen molar-refractivity contribution in [1.29, 1.82) is 0 Å². The van der Waals surface area contributed by atoms with Gasteiger partial charge in [0.2, 0.25) is 5.91 Å². The lowest BCUT2D eigenvalue weighted by molar-refractivity contribution is -0.118. The fraction of sp³-hybridized carbons (Fsp3) is 0.467. The monoisotopic (exact) mass is 293 g/mol. The van der Waals surface area contributed by atoms with E-state index in [-0.39, 0.29) is 28.6 Å². The van der Waals surface area contributed by atoms with Crippen LogP contribution in [0.4, 0.5) is 5.69 Å². The Bertz CT molecular complexity index is 594. The minimum atomic E-state index is -1.10. The highest BCUT2D eigenvalue weighted by Crippen LogP contribution is 2.52. The topological polar surface area (TPSA) is 84.9 Å². The number of nitrogens with one attached hydrogen (secondary N) is 1. The van der Waals surface area contributed by atoms with Gasteiger partial charge in [0.15, 0.2) is 11.5 Å². The molecule has 1 saturated carbocycles. The highest BCUT2D eigenvalue weighted by atomic mass is 16.5. The third kappa shape index (κ3) is 2.94. The van der Waals surface area contributed by atoms with Crippen LogP contribution in [0.15, 0.2) is 12.1 Å². The van der Waals surface area contributed by atoms with Crippen molar-refractivity contribution in [2.24, 2.45) is 11.3 Å². The van der Waals surface area contributed by atoms with Gasteiger partial charge in [-0.25, -0.2) is 4.79 Å². The van der Waals surface area contributed by atoms with Crippen LogP contribution in [0.1, 0.15) is 30.6 Å². The predicted molar refractivity (Wildman–Crippen MR) is 77.0 cm³/mol. The van der Waals surface area contributed by atoms with Crippen LogP contribution in [0.5, 0.6) is 11.5 Å². The van der Waals surface area contributed by atoms with Crippen molar-refractivity contribution in [3.63, 3.8) is 0 Å². The van der Waals surface area contributed by atoms with E-state index in [9.17, 15) is 9.59 Å².